The van der Waals surface area contributed by atoms with E-state index in [0.29, 0.717) is 6.54 Å². The number of hydrogen-bond acceptors (Lipinski definition) is 2. The van der Waals surface area contributed by atoms with E-state index in [0.717, 1.165) is 10.0 Å². The Morgan fingerprint density at radius 1 is 1.22 bits per heavy atom. The normalized spacial score (nSPS) is 10.1. The molecule has 0 atom stereocenters. The average molecular weight is 316 g/mol. The standard InChI is InChI=1S/C12H16BrNO2.C2H6/c1-12(2,3)16-11(15)14-8-9-4-6-10(13)7-5-9;1-2/h4-7H,8H2,1-3H3,(H,14,15);1-2H3. The van der Waals surface area contributed by atoms with Gasteiger partial charge >= 0.3 is 6.09 Å². The predicted molar refractivity (Wildman–Crippen MR) is 78.6 cm³/mol. The summed E-state index contributed by atoms with van der Waals surface area (Å²) in [6, 6.07) is 7.76. The van der Waals surface area contributed by atoms with Crippen LogP contribution in [0.3, 0.4) is 0 Å². The van der Waals surface area contributed by atoms with E-state index in [4.69, 9.17) is 4.74 Å². The molecule has 1 amide bonds. The molecule has 0 heterocycles. The molecule has 1 aromatic carbocycles. The summed E-state index contributed by atoms with van der Waals surface area (Å²) in [5, 5.41) is 2.70. The minimum absolute atomic E-state index is 0.393. The molecule has 0 aliphatic rings. The summed E-state index contributed by atoms with van der Waals surface area (Å²) in [4.78, 5) is 11.4. The molecule has 4 heteroatoms. The van der Waals surface area contributed by atoms with Crippen molar-refractivity contribution in [2.75, 3.05) is 0 Å². The molecule has 0 unspecified atom stereocenters. The molecular formula is C14H22BrNO2. The molecule has 102 valence electrons. The fraction of sp³-hybridized carbons (Fsp3) is 0.500. The first-order chi connectivity index (χ1) is 8.37. The van der Waals surface area contributed by atoms with E-state index in [9.17, 15) is 4.79 Å². The van der Waals surface area contributed by atoms with Gasteiger partial charge in [-0.05, 0) is 38.5 Å². The third-order valence-corrected chi connectivity index (χ3v) is 2.28. The van der Waals surface area contributed by atoms with Gasteiger partial charge in [-0.1, -0.05) is 41.9 Å². The first kappa shape index (κ1) is 17.0. The molecule has 18 heavy (non-hydrogen) atoms. The van der Waals surface area contributed by atoms with Gasteiger partial charge in [-0.15, -0.1) is 0 Å². The van der Waals surface area contributed by atoms with Gasteiger partial charge in [-0.3, -0.25) is 0 Å². The third kappa shape index (κ3) is 8.12. The summed E-state index contributed by atoms with van der Waals surface area (Å²) < 4.78 is 6.15. The van der Waals surface area contributed by atoms with Crippen LogP contribution in [0.25, 0.3) is 0 Å². The molecule has 0 saturated carbocycles. The van der Waals surface area contributed by atoms with Crippen LogP contribution in [0.5, 0.6) is 0 Å². The quantitative estimate of drug-likeness (QED) is 0.872. The summed E-state index contributed by atoms with van der Waals surface area (Å²) in [5.41, 5.74) is 0.582. The number of hydrogen-bond donors (Lipinski definition) is 1. The fourth-order valence-corrected chi connectivity index (χ4v) is 1.35. The fourth-order valence-electron chi connectivity index (χ4n) is 1.09. The maximum atomic E-state index is 11.4. The molecule has 0 fully saturated rings. The SMILES string of the molecule is CC.CC(C)(C)OC(=O)NCc1ccc(Br)cc1. The highest BCUT2D eigenvalue weighted by molar-refractivity contribution is 9.10. The van der Waals surface area contributed by atoms with Crippen LogP contribution >= 0.6 is 15.9 Å². The summed E-state index contributed by atoms with van der Waals surface area (Å²) in [5.74, 6) is 0. The Bertz CT molecular complexity index is 355. The van der Waals surface area contributed by atoms with Crippen molar-refractivity contribution in [3.63, 3.8) is 0 Å². The minimum atomic E-state index is -0.455. The topological polar surface area (TPSA) is 38.3 Å². The predicted octanol–water partition coefficient (Wildman–Crippen LogP) is 4.50. The van der Waals surface area contributed by atoms with E-state index in [1.807, 2.05) is 58.9 Å². The lowest BCUT2D eigenvalue weighted by molar-refractivity contribution is 0.0523. The van der Waals surface area contributed by atoms with Gasteiger partial charge in [0.2, 0.25) is 0 Å². The summed E-state index contributed by atoms with van der Waals surface area (Å²) >= 11 is 3.35. The average Bonchev–Trinajstić information content (AvgIpc) is 2.29. The van der Waals surface area contributed by atoms with Crippen LogP contribution in [0.4, 0.5) is 4.79 Å². The van der Waals surface area contributed by atoms with Crippen molar-refractivity contribution in [2.24, 2.45) is 0 Å². The number of nitrogens with one attached hydrogen (secondary N) is 1. The van der Waals surface area contributed by atoms with Crippen molar-refractivity contribution in [3.05, 3.63) is 34.3 Å². The lowest BCUT2D eigenvalue weighted by atomic mass is 10.2. The monoisotopic (exact) mass is 315 g/mol. The van der Waals surface area contributed by atoms with E-state index in [2.05, 4.69) is 21.2 Å². The van der Waals surface area contributed by atoms with Gasteiger partial charge < -0.3 is 10.1 Å². The van der Waals surface area contributed by atoms with Crippen molar-refractivity contribution in [1.82, 2.24) is 5.32 Å². The molecule has 0 radical (unpaired) electrons. The van der Waals surface area contributed by atoms with Crippen LogP contribution in [0, 0.1) is 0 Å². The largest absolute Gasteiger partial charge is 0.444 e. The highest BCUT2D eigenvalue weighted by Crippen LogP contribution is 2.11. The van der Waals surface area contributed by atoms with Crippen LogP contribution in [-0.4, -0.2) is 11.7 Å². The van der Waals surface area contributed by atoms with E-state index in [1.54, 1.807) is 0 Å². The lowest BCUT2D eigenvalue weighted by Gasteiger charge is -2.19. The van der Waals surface area contributed by atoms with E-state index in [1.165, 1.54) is 0 Å². The van der Waals surface area contributed by atoms with Crippen LogP contribution < -0.4 is 5.32 Å². The van der Waals surface area contributed by atoms with Gasteiger partial charge in [0.25, 0.3) is 0 Å². The van der Waals surface area contributed by atoms with Crippen molar-refractivity contribution >= 4 is 22.0 Å². The summed E-state index contributed by atoms with van der Waals surface area (Å²) in [6.45, 7) is 9.99. The number of benzene rings is 1. The molecule has 0 aliphatic carbocycles. The second-order valence-corrected chi connectivity index (χ2v) is 5.40. The zero-order chi connectivity index (χ0) is 14.2. The molecular weight excluding hydrogens is 294 g/mol. The number of ether oxygens (including phenoxy) is 1. The van der Waals surface area contributed by atoms with Crippen molar-refractivity contribution in [1.29, 1.82) is 0 Å². The Morgan fingerprint density at radius 2 is 1.72 bits per heavy atom. The Balaban J connectivity index is 0.00000137. The maximum Gasteiger partial charge on any atom is 0.407 e. The third-order valence-electron chi connectivity index (χ3n) is 1.75. The van der Waals surface area contributed by atoms with E-state index in [-0.39, 0.29) is 0 Å². The van der Waals surface area contributed by atoms with Crippen LogP contribution in [0.1, 0.15) is 40.2 Å². The Kier molecular flexibility index (Phi) is 7.67. The van der Waals surface area contributed by atoms with Gasteiger partial charge in [-0.25, -0.2) is 4.79 Å². The zero-order valence-corrected chi connectivity index (χ0v) is 13.3. The first-order valence-electron chi connectivity index (χ1n) is 6.08. The number of carbonyl (C=O) groups excluding carboxylic acids is 1. The van der Waals surface area contributed by atoms with Crippen molar-refractivity contribution < 1.29 is 9.53 Å². The van der Waals surface area contributed by atoms with Gasteiger partial charge in [0.1, 0.15) is 5.60 Å². The smallest absolute Gasteiger partial charge is 0.407 e. The molecule has 1 rings (SSSR count). The van der Waals surface area contributed by atoms with E-state index < -0.39 is 11.7 Å². The number of halogens is 1. The highest BCUT2D eigenvalue weighted by Gasteiger charge is 2.15. The second-order valence-electron chi connectivity index (χ2n) is 4.48. The van der Waals surface area contributed by atoms with Gasteiger partial charge in [0.15, 0.2) is 0 Å². The Morgan fingerprint density at radius 3 is 2.17 bits per heavy atom. The lowest BCUT2D eigenvalue weighted by Crippen LogP contribution is -2.32. The zero-order valence-electron chi connectivity index (χ0n) is 11.7. The number of amides is 1. The molecule has 1 N–H and O–H groups in total. The molecule has 0 spiro atoms. The first-order valence-corrected chi connectivity index (χ1v) is 6.87. The summed E-state index contributed by atoms with van der Waals surface area (Å²) in [7, 11) is 0. The summed E-state index contributed by atoms with van der Waals surface area (Å²) in [6.07, 6.45) is -0.393. The van der Waals surface area contributed by atoms with Crippen molar-refractivity contribution in [3.8, 4) is 0 Å². The molecule has 0 bridgehead atoms. The number of alkyl carbamates (subject to hydrolysis) is 1. The Labute approximate surface area is 118 Å². The number of carbonyl (C=O) groups is 1. The highest BCUT2D eigenvalue weighted by atomic mass is 79.9. The number of rotatable bonds is 2. The Hall–Kier alpha value is -1.03. The molecule has 0 aliphatic heterocycles. The van der Waals surface area contributed by atoms with E-state index >= 15 is 0 Å². The molecule has 1 aromatic rings. The van der Waals surface area contributed by atoms with Crippen molar-refractivity contribution in [2.45, 2.75) is 46.8 Å². The van der Waals surface area contributed by atoms with Crippen LogP contribution in [0.2, 0.25) is 0 Å². The molecule has 0 saturated heterocycles. The molecule has 3 nitrogen and oxygen atoms in total. The second kappa shape index (κ2) is 8.14. The van der Waals surface area contributed by atoms with Crippen LogP contribution in [0.15, 0.2) is 28.7 Å². The molecule has 0 aromatic heterocycles. The maximum absolute atomic E-state index is 11.4. The van der Waals surface area contributed by atoms with Crippen LogP contribution in [-0.2, 0) is 11.3 Å². The minimum Gasteiger partial charge on any atom is -0.444 e. The van der Waals surface area contributed by atoms with Gasteiger partial charge in [-0.2, -0.15) is 0 Å². The van der Waals surface area contributed by atoms with Gasteiger partial charge in [0, 0.05) is 11.0 Å². The van der Waals surface area contributed by atoms with Gasteiger partial charge in [0.05, 0.1) is 0 Å².